The van der Waals surface area contributed by atoms with Crippen LogP contribution < -0.4 is 14.8 Å². The first-order valence-corrected chi connectivity index (χ1v) is 18.6. The zero-order chi connectivity index (χ0) is 30.7. The minimum Gasteiger partial charge on any atom is -0.497 e. The van der Waals surface area contributed by atoms with Crippen LogP contribution in [-0.2, 0) is 17.9 Å². The molecule has 0 amide bonds. The van der Waals surface area contributed by atoms with E-state index in [9.17, 15) is 0 Å². The monoisotopic (exact) mass is 635 g/mol. The van der Waals surface area contributed by atoms with E-state index in [2.05, 4.69) is 81.8 Å². The minimum absolute atomic E-state index is 0.841. The molecule has 1 fully saturated rings. The predicted octanol–water partition coefficient (Wildman–Crippen LogP) is 7.11. The molecule has 0 unspecified atom stereocenters. The summed E-state index contributed by atoms with van der Waals surface area (Å²) in [5.74, 6) is 7.09. The quantitative estimate of drug-likeness (QED) is 0.125. The third-order valence-corrected chi connectivity index (χ3v) is 10.5. The molecule has 1 heterocycles. The Morgan fingerprint density at radius 2 is 1.32 bits per heavy atom. The van der Waals surface area contributed by atoms with Crippen LogP contribution in [0.15, 0.2) is 78.9 Å². The fourth-order valence-corrected chi connectivity index (χ4v) is 7.56. The van der Waals surface area contributed by atoms with E-state index < -0.39 is 0 Å². The molecule has 3 aromatic carbocycles. The van der Waals surface area contributed by atoms with Crippen LogP contribution in [-0.4, -0.2) is 87.9 Å². The molecule has 0 spiro atoms. The van der Waals surface area contributed by atoms with Crippen molar-refractivity contribution < 1.29 is 9.47 Å². The van der Waals surface area contributed by atoms with Crippen LogP contribution in [0.3, 0.4) is 0 Å². The van der Waals surface area contributed by atoms with Gasteiger partial charge in [0.2, 0.25) is 0 Å². The normalized spacial score (nSPS) is 14.2. The highest BCUT2D eigenvalue weighted by Gasteiger charge is 2.19. The fraction of sp³-hybridized carbons (Fsp3) is 0.514. The smallest absolute Gasteiger partial charge is 0.118 e. The number of piperidine rings is 1. The van der Waals surface area contributed by atoms with Crippen molar-refractivity contribution in [2.24, 2.45) is 5.92 Å². The van der Waals surface area contributed by atoms with Gasteiger partial charge in [-0.2, -0.15) is 23.5 Å². The van der Waals surface area contributed by atoms with Gasteiger partial charge >= 0.3 is 0 Å². The summed E-state index contributed by atoms with van der Waals surface area (Å²) in [5.41, 5.74) is 4.22. The molecule has 0 atom stereocenters. The van der Waals surface area contributed by atoms with Gasteiger partial charge in [-0.3, -0.25) is 0 Å². The van der Waals surface area contributed by atoms with E-state index in [0.717, 1.165) is 66.6 Å². The first-order chi connectivity index (χ1) is 21.7. The molecule has 0 bridgehead atoms. The molecule has 44 heavy (non-hydrogen) atoms. The van der Waals surface area contributed by atoms with Crippen molar-refractivity contribution >= 4 is 23.5 Å². The summed E-state index contributed by atoms with van der Waals surface area (Å²) in [5, 5.41) is 3.70. The zero-order valence-corrected chi connectivity index (χ0v) is 28.6. The number of thioether (sulfide) groups is 2. The van der Waals surface area contributed by atoms with Crippen molar-refractivity contribution in [3.8, 4) is 11.5 Å². The van der Waals surface area contributed by atoms with Crippen LogP contribution in [0.1, 0.15) is 36.0 Å². The van der Waals surface area contributed by atoms with Crippen LogP contribution in [0.2, 0.25) is 0 Å². The Labute approximate surface area is 275 Å². The second kappa shape index (κ2) is 20.8. The molecule has 0 aromatic heterocycles. The summed E-state index contributed by atoms with van der Waals surface area (Å²) in [6.45, 7) is 9.29. The maximum absolute atomic E-state index is 5.30. The second-order valence-electron chi connectivity index (χ2n) is 11.7. The highest BCUT2D eigenvalue weighted by atomic mass is 32.2. The van der Waals surface area contributed by atoms with E-state index >= 15 is 0 Å². The average Bonchev–Trinajstić information content (AvgIpc) is 3.07. The Morgan fingerprint density at radius 3 is 1.93 bits per heavy atom. The minimum atomic E-state index is 0.841. The highest BCUT2D eigenvalue weighted by Crippen LogP contribution is 2.22. The Bertz CT molecular complexity index is 1140. The molecule has 0 aliphatic carbocycles. The van der Waals surface area contributed by atoms with Crippen molar-refractivity contribution in [2.45, 2.75) is 37.2 Å². The molecule has 1 aliphatic heterocycles. The van der Waals surface area contributed by atoms with Gasteiger partial charge in [0.15, 0.2) is 0 Å². The molecule has 1 N–H and O–H groups in total. The molecular weight excluding hydrogens is 583 g/mol. The molecule has 1 aliphatic rings. The van der Waals surface area contributed by atoms with E-state index in [1.54, 1.807) is 14.2 Å². The Balaban J connectivity index is 1.12. The van der Waals surface area contributed by atoms with E-state index in [1.807, 2.05) is 35.7 Å². The lowest BCUT2D eigenvalue weighted by Gasteiger charge is -2.32. The first kappa shape index (κ1) is 34.7. The van der Waals surface area contributed by atoms with E-state index in [0.29, 0.717) is 0 Å². The van der Waals surface area contributed by atoms with Crippen LogP contribution in [0.5, 0.6) is 11.5 Å². The van der Waals surface area contributed by atoms with Crippen molar-refractivity contribution in [3.05, 3.63) is 95.6 Å². The van der Waals surface area contributed by atoms with Gasteiger partial charge in [0.05, 0.1) is 14.2 Å². The van der Waals surface area contributed by atoms with E-state index in [4.69, 9.17) is 9.47 Å². The van der Waals surface area contributed by atoms with Crippen molar-refractivity contribution in [3.63, 3.8) is 0 Å². The molecule has 3 aromatic rings. The number of benzene rings is 3. The second-order valence-corrected chi connectivity index (χ2v) is 13.9. The standard InChI is InChI=1S/C37H53N3O2S2/c1-41-36-13-9-34(10-14-36)30-43-27-20-38-19-25-40(26-28-44-31-35-11-15-37(42-2)16-12-35)22-6-21-39-23-17-33(18-24-39)29-32-7-4-3-5-8-32/h3-5,7-16,33,38H,6,17-31H2,1-2H3. The van der Waals surface area contributed by atoms with Gasteiger partial charge in [0.1, 0.15) is 11.5 Å². The number of rotatable bonds is 21. The summed E-state index contributed by atoms with van der Waals surface area (Å²) in [6, 6.07) is 28.0. The maximum Gasteiger partial charge on any atom is 0.118 e. The van der Waals surface area contributed by atoms with E-state index in [1.165, 1.54) is 68.6 Å². The van der Waals surface area contributed by atoms with Gasteiger partial charge in [-0.1, -0.05) is 54.6 Å². The van der Waals surface area contributed by atoms with Crippen molar-refractivity contribution in [1.82, 2.24) is 15.1 Å². The fourth-order valence-electron chi connectivity index (χ4n) is 5.74. The largest absolute Gasteiger partial charge is 0.497 e. The van der Waals surface area contributed by atoms with Gasteiger partial charge < -0.3 is 24.6 Å². The van der Waals surface area contributed by atoms with Gasteiger partial charge in [-0.15, -0.1) is 0 Å². The number of hydrogen-bond acceptors (Lipinski definition) is 7. The third-order valence-electron chi connectivity index (χ3n) is 8.46. The number of ether oxygens (including phenoxy) is 2. The van der Waals surface area contributed by atoms with Crippen LogP contribution >= 0.6 is 23.5 Å². The van der Waals surface area contributed by atoms with Gasteiger partial charge in [0.25, 0.3) is 0 Å². The summed E-state index contributed by atoms with van der Waals surface area (Å²) in [6.07, 6.45) is 5.16. The molecule has 1 saturated heterocycles. The van der Waals surface area contributed by atoms with Gasteiger partial charge in [-0.25, -0.2) is 0 Å². The topological polar surface area (TPSA) is 37.0 Å². The van der Waals surface area contributed by atoms with Crippen molar-refractivity contribution in [1.29, 1.82) is 0 Å². The van der Waals surface area contributed by atoms with Crippen LogP contribution in [0.4, 0.5) is 0 Å². The molecule has 4 rings (SSSR count). The number of nitrogens with zero attached hydrogens (tertiary/aromatic N) is 2. The Kier molecular flexibility index (Phi) is 16.4. The van der Waals surface area contributed by atoms with Crippen LogP contribution in [0, 0.1) is 5.92 Å². The Morgan fingerprint density at radius 1 is 0.705 bits per heavy atom. The lowest BCUT2D eigenvalue weighted by Crippen LogP contribution is -2.38. The number of nitrogens with one attached hydrogen (secondary N) is 1. The maximum atomic E-state index is 5.30. The van der Waals surface area contributed by atoms with Gasteiger partial charge in [-0.05, 0) is 98.7 Å². The van der Waals surface area contributed by atoms with E-state index in [-0.39, 0.29) is 0 Å². The molecule has 0 saturated carbocycles. The summed E-state index contributed by atoms with van der Waals surface area (Å²) in [7, 11) is 3.44. The van der Waals surface area contributed by atoms with Crippen LogP contribution in [0.25, 0.3) is 0 Å². The first-order valence-electron chi connectivity index (χ1n) is 16.3. The molecule has 0 radical (unpaired) electrons. The summed E-state index contributed by atoms with van der Waals surface area (Å²) < 4.78 is 10.6. The molecule has 240 valence electrons. The average molecular weight is 636 g/mol. The SMILES string of the molecule is COc1ccc(CSCCNCCN(CCCN2CCC(Cc3ccccc3)CC2)CCSCc2ccc(OC)cc2)cc1. The van der Waals surface area contributed by atoms with Crippen molar-refractivity contribution in [2.75, 3.05) is 78.1 Å². The predicted molar refractivity (Wildman–Crippen MR) is 192 cm³/mol. The third kappa shape index (κ3) is 13.5. The Hall–Kier alpha value is -2.16. The lowest BCUT2D eigenvalue weighted by atomic mass is 9.90. The number of likely N-dealkylation sites (tertiary alicyclic amines) is 1. The zero-order valence-electron chi connectivity index (χ0n) is 26.9. The lowest BCUT2D eigenvalue weighted by molar-refractivity contribution is 0.172. The molecule has 7 heteroatoms. The van der Waals surface area contributed by atoms with Gasteiger partial charge in [0, 0.05) is 49.2 Å². The molecular formula is C37H53N3O2S2. The summed E-state index contributed by atoms with van der Waals surface area (Å²) >= 11 is 4.03. The molecule has 5 nitrogen and oxygen atoms in total. The summed E-state index contributed by atoms with van der Waals surface area (Å²) in [4.78, 5) is 5.39. The highest BCUT2D eigenvalue weighted by molar-refractivity contribution is 7.98. The number of hydrogen-bond donors (Lipinski definition) is 1. The number of methoxy groups -OCH3 is 2.